The summed E-state index contributed by atoms with van der Waals surface area (Å²) in [7, 11) is 0. The first-order chi connectivity index (χ1) is 10.2. The van der Waals surface area contributed by atoms with Crippen LogP contribution in [-0.4, -0.2) is 29.4 Å². The number of halogens is 1. The van der Waals surface area contributed by atoms with Crippen molar-refractivity contribution in [3.05, 3.63) is 35.9 Å². The molecule has 0 radical (unpaired) electrons. The number of hydrogen-bond acceptors (Lipinski definition) is 2. The molecule has 1 heterocycles. The van der Waals surface area contributed by atoms with E-state index in [1.807, 2.05) is 6.07 Å². The van der Waals surface area contributed by atoms with Gasteiger partial charge in [-0.15, -0.1) is 12.4 Å². The number of nitrogens with zero attached hydrogens (tertiary/aromatic N) is 1. The van der Waals surface area contributed by atoms with Gasteiger partial charge < -0.3 is 10.6 Å². The topological polar surface area (TPSA) is 46.3 Å². The Morgan fingerprint density at radius 2 is 1.95 bits per heavy atom. The lowest BCUT2D eigenvalue weighted by molar-refractivity contribution is -0.132. The molecule has 1 amide bonds. The van der Waals surface area contributed by atoms with Crippen LogP contribution in [0.25, 0.3) is 0 Å². The van der Waals surface area contributed by atoms with Crippen LogP contribution in [0.4, 0.5) is 0 Å². The third-order valence-electron chi connectivity index (χ3n) is 5.46. The van der Waals surface area contributed by atoms with Gasteiger partial charge in [0.15, 0.2) is 0 Å². The molecule has 4 heteroatoms. The predicted molar refractivity (Wildman–Crippen MR) is 92.2 cm³/mol. The van der Waals surface area contributed by atoms with Gasteiger partial charge in [-0.25, -0.2) is 0 Å². The molecule has 22 heavy (non-hydrogen) atoms. The lowest BCUT2D eigenvalue weighted by atomic mass is 9.92. The van der Waals surface area contributed by atoms with E-state index in [4.69, 9.17) is 5.73 Å². The molecule has 2 N–H and O–H groups in total. The standard InChI is InChI=1S/C18H26N2O.ClH/c1-13-16(14-6-3-2-4-7-14)10-11-20(13)18(21)12-15-8-5-9-17(15)19;/h2-4,6-7,13,15-17H,5,8-12,19H2,1H3;1H/t13?,15-,16?,17+;/m0./s1. The van der Waals surface area contributed by atoms with E-state index in [1.54, 1.807) is 0 Å². The van der Waals surface area contributed by atoms with Gasteiger partial charge in [0.1, 0.15) is 0 Å². The van der Waals surface area contributed by atoms with Crippen LogP contribution in [0.2, 0.25) is 0 Å². The molecule has 122 valence electrons. The summed E-state index contributed by atoms with van der Waals surface area (Å²) in [5.74, 6) is 1.19. The number of nitrogens with two attached hydrogens (primary N) is 1. The third kappa shape index (κ3) is 3.47. The van der Waals surface area contributed by atoms with Crippen LogP contribution < -0.4 is 5.73 Å². The van der Waals surface area contributed by atoms with Crippen molar-refractivity contribution >= 4 is 18.3 Å². The van der Waals surface area contributed by atoms with Crippen molar-refractivity contribution in [2.45, 2.75) is 57.0 Å². The molecule has 0 aromatic heterocycles. The van der Waals surface area contributed by atoms with E-state index < -0.39 is 0 Å². The van der Waals surface area contributed by atoms with Crippen LogP contribution in [0.5, 0.6) is 0 Å². The van der Waals surface area contributed by atoms with E-state index >= 15 is 0 Å². The normalized spacial score (nSPS) is 31.1. The first kappa shape index (κ1) is 17.3. The monoisotopic (exact) mass is 322 g/mol. The summed E-state index contributed by atoms with van der Waals surface area (Å²) in [6.45, 7) is 3.08. The van der Waals surface area contributed by atoms with Crippen LogP contribution in [0, 0.1) is 5.92 Å². The first-order valence-electron chi connectivity index (χ1n) is 8.27. The Bertz CT molecular complexity index is 493. The second-order valence-electron chi connectivity index (χ2n) is 6.69. The van der Waals surface area contributed by atoms with Crippen LogP contribution in [0.3, 0.4) is 0 Å². The molecule has 1 aliphatic carbocycles. The Balaban J connectivity index is 0.00000176. The van der Waals surface area contributed by atoms with Gasteiger partial charge in [0.2, 0.25) is 5.91 Å². The molecule has 1 saturated heterocycles. The van der Waals surface area contributed by atoms with E-state index in [1.165, 1.54) is 12.0 Å². The fourth-order valence-electron chi connectivity index (χ4n) is 4.10. The van der Waals surface area contributed by atoms with Crippen molar-refractivity contribution < 1.29 is 4.79 Å². The highest BCUT2D eigenvalue weighted by atomic mass is 35.5. The Morgan fingerprint density at radius 1 is 1.23 bits per heavy atom. The fourth-order valence-corrected chi connectivity index (χ4v) is 4.10. The summed E-state index contributed by atoms with van der Waals surface area (Å²) in [5, 5.41) is 0. The quantitative estimate of drug-likeness (QED) is 0.927. The Hall–Kier alpha value is -1.06. The minimum atomic E-state index is 0. The zero-order valence-corrected chi connectivity index (χ0v) is 14.1. The molecule has 1 aliphatic heterocycles. The zero-order chi connectivity index (χ0) is 14.8. The molecule has 4 atom stereocenters. The Morgan fingerprint density at radius 3 is 2.59 bits per heavy atom. The smallest absolute Gasteiger partial charge is 0.223 e. The van der Waals surface area contributed by atoms with Crippen molar-refractivity contribution in [3.63, 3.8) is 0 Å². The number of carbonyl (C=O) groups excluding carboxylic acids is 1. The molecule has 1 saturated carbocycles. The zero-order valence-electron chi connectivity index (χ0n) is 13.3. The van der Waals surface area contributed by atoms with Gasteiger partial charge in [0.05, 0.1) is 0 Å². The molecule has 2 aliphatic rings. The summed E-state index contributed by atoms with van der Waals surface area (Å²) in [4.78, 5) is 14.7. The van der Waals surface area contributed by atoms with Gasteiger partial charge in [-0.3, -0.25) is 4.79 Å². The highest BCUT2D eigenvalue weighted by Gasteiger charge is 2.36. The maximum Gasteiger partial charge on any atom is 0.223 e. The molecule has 3 nitrogen and oxygen atoms in total. The van der Waals surface area contributed by atoms with Crippen LogP contribution in [-0.2, 0) is 4.79 Å². The van der Waals surface area contributed by atoms with Crippen molar-refractivity contribution in [3.8, 4) is 0 Å². The van der Waals surface area contributed by atoms with Crippen molar-refractivity contribution in [2.24, 2.45) is 11.7 Å². The van der Waals surface area contributed by atoms with E-state index in [9.17, 15) is 4.79 Å². The molecule has 1 aromatic carbocycles. The maximum atomic E-state index is 12.6. The SMILES string of the molecule is CC1C(c2ccccc2)CCN1C(=O)C[C@@H]1CCC[C@H]1N.Cl. The average molecular weight is 323 g/mol. The lowest BCUT2D eigenvalue weighted by Gasteiger charge is -2.27. The van der Waals surface area contributed by atoms with Gasteiger partial charge >= 0.3 is 0 Å². The number of benzene rings is 1. The van der Waals surface area contributed by atoms with Crippen molar-refractivity contribution in [1.29, 1.82) is 0 Å². The van der Waals surface area contributed by atoms with Crippen LogP contribution >= 0.6 is 12.4 Å². The summed E-state index contributed by atoms with van der Waals surface area (Å²) in [6, 6.07) is 11.1. The molecule has 2 unspecified atom stereocenters. The average Bonchev–Trinajstić information content (AvgIpc) is 3.06. The van der Waals surface area contributed by atoms with Gasteiger partial charge in [-0.2, -0.15) is 0 Å². The third-order valence-corrected chi connectivity index (χ3v) is 5.46. The van der Waals surface area contributed by atoms with Gasteiger partial charge in [0.25, 0.3) is 0 Å². The van der Waals surface area contributed by atoms with E-state index in [0.29, 0.717) is 30.2 Å². The van der Waals surface area contributed by atoms with Crippen molar-refractivity contribution in [2.75, 3.05) is 6.54 Å². The number of rotatable bonds is 3. The number of likely N-dealkylation sites (tertiary alicyclic amines) is 1. The highest BCUT2D eigenvalue weighted by molar-refractivity contribution is 5.85. The van der Waals surface area contributed by atoms with Gasteiger partial charge in [-0.1, -0.05) is 36.8 Å². The number of hydrogen-bond donors (Lipinski definition) is 1. The van der Waals surface area contributed by atoms with Crippen LogP contribution in [0.1, 0.15) is 50.5 Å². The summed E-state index contributed by atoms with van der Waals surface area (Å²) in [5.41, 5.74) is 7.47. The second kappa shape index (κ2) is 7.47. The van der Waals surface area contributed by atoms with Gasteiger partial charge in [-0.05, 0) is 37.7 Å². The summed E-state index contributed by atoms with van der Waals surface area (Å²) < 4.78 is 0. The van der Waals surface area contributed by atoms with E-state index in [0.717, 1.165) is 25.8 Å². The maximum absolute atomic E-state index is 12.6. The summed E-state index contributed by atoms with van der Waals surface area (Å²) >= 11 is 0. The molecule has 3 rings (SSSR count). The fraction of sp³-hybridized carbons (Fsp3) is 0.611. The number of amides is 1. The lowest BCUT2D eigenvalue weighted by Crippen LogP contribution is -2.38. The number of carbonyl (C=O) groups is 1. The molecule has 0 spiro atoms. The minimum absolute atomic E-state index is 0. The second-order valence-corrected chi connectivity index (χ2v) is 6.69. The minimum Gasteiger partial charge on any atom is -0.339 e. The largest absolute Gasteiger partial charge is 0.339 e. The molecular formula is C18H27ClN2O. The van der Waals surface area contributed by atoms with Gasteiger partial charge in [0, 0.05) is 31.0 Å². The predicted octanol–water partition coefficient (Wildman–Crippen LogP) is 3.33. The Kier molecular flexibility index (Phi) is 5.87. The Labute approximate surface area is 139 Å². The van der Waals surface area contributed by atoms with Crippen LogP contribution in [0.15, 0.2) is 30.3 Å². The first-order valence-corrected chi connectivity index (χ1v) is 8.27. The molecule has 2 fully saturated rings. The van der Waals surface area contributed by atoms with Crippen molar-refractivity contribution in [1.82, 2.24) is 4.90 Å². The van der Waals surface area contributed by atoms with E-state index in [-0.39, 0.29) is 18.4 Å². The molecular weight excluding hydrogens is 296 g/mol. The van der Waals surface area contributed by atoms with E-state index in [2.05, 4.69) is 36.1 Å². The highest BCUT2D eigenvalue weighted by Crippen LogP contribution is 2.35. The molecule has 1 aromatic rings. The molecule has 0 bridgehead atoms. The summed E-state index contributed by atoms with van der Waals surface area (Å²) in [6.07, 6.45) is 5.11.